The molecule has 2 heterocycles. The highest BCUT2D eigenvalue weighted by atomic mass is 16.2. The highest BCUT2D eigenvalue weighted by Gasteiger charge is 2.32. The first-order valence-electron chi connectivity index (χ1n) is 6.49. The largest absolute Gasteiger partial charge is 0.330 e. The van der Waals surface area contributed by atoms with Crippen LogP contribution in [0.2, 0.25) is 0 Å². The second-order valence-corrected chi connectivity index (χ2v) is 4.87. The molecule has 0 radical (unpaired) electrons. The number of nitrogens with one attached hydrogen (secondary N) is 1. The number of carbonyl (C=O) groups excluding carboxylic acids is 1. The molecule has 3 rings (SSSR count). The first-order chi connectivity index (χ1) is 9.27. The number of carbonyl (C=O) groups is 1. The van der Waals surface area contributed by atoms with Crippen LogP contribution in [-0.2, 0) is 0 Å². The van der Waals surface area contributed by atoms with Gasteiger partial charge in [-0.15, -0.1) is 0 Å². The molecule has 1 atom stereocenters. The molecule has 0 bridgehead atoms. The molecule has 1 fully saturated rings. The zero-order valence-electron chi connectivity index (χ0n) is 10.8. The molecule has 5 nitrogen and oxygen atoms in total. The van der Waals surface area contributed by atoms with E-state index in [-0.39, 0.29) is 11.9 Å². The monoisotopic (exact) mass is 256 g/mol. The van der Waals surface area contributed by atoms with Gasteiger partial charge in [0.05, 0.1) is 12.2 Å². The Hall–Kier alpha value is -2.17. The fourth-order valence-electron chi connectivity index (χ4n) is 2.75. The highest BCUT2D eigenvalue weighted by Crippen LogP contribution is 2.34. The minimum atomic E-state index is -0.0421. The molecule has 2 aromatic rings. The quantitative estimate of drug-likeness (QED) is 0.895. The van der Waals surface area contributed by atoms with E-state index in [2.05, 4.69) is 34.5 Å². The molecule has 1 amide bonds. The number of aromatic nitrogens is 3. The van der Waals surface area contributed by atoms with Gasteiger partial charge in [-0.2, -0.15) is 15.4 Å². The van der Waals surface area contributed by atoms with E-state index < -0.39 is 0 Å². The maximum Gasteiger partial charge on any atom is 0.276 e. The SMILES string of the molecule is Cc1ccccc1C1CCCN1C(=O)c1cn[nH]n1. The number of hydrogen-bond donors (Lipinski definition) is 1. The van der Waals surface area contributed by atoms with Gasteiger partial charge in [0, 0.05) is 6.54 Å². The molecule has 0 aliphatic carbocycles. The average molecular weight is 256 g/mol. The third kappa shape index (κ3) is 2.12. The van der Waals surface area contributed by atoms with E-state index in [1.807, 2.05) is 17.0 Å². The van der Waals surface area contributed by atoms with Crippen molar-refractivity contribution in [1.29, 1.82) is 0 Å². The summed E-state index contributed by atoms with van der Waals surface area (Å²) in [6.07, 6.45) is 3.52. The number of hydrogen-bond acceptors (Lipinski definition) is 3. The zero-order chi connectivity index (χ0) is 13.2. The van der Waals surface area contributed by atoms with Crippen LogP contribution >= 0.6 is 0 Å². The Labute approximate surface area is 111 Å². The van der Waals surface area contributed by atoms with Crippen LogP contribution in [-0.4, -0.2) is 32.8 Å². The average Bonchev–Trinajstić information content (AvgIpc) is 3.10. The number of benzene rings is 1. The lowest BCUT2D eigenvalue weighted by atomic mass is 9.99. The first-order valence-corrected chi connectivity index (χ1v) is 6.49. The molecule has 1 aromatic heterocycles. The lowest BCUT2D eigenvalue weighted by Gasteiger charge is -2.25. The predicted octanol–water partition coefficient (Wildman–Crippen LogP) is 2.09. The van der Waals surface area contributed by atoms with Crippen LogP contribution in [0.5, 0.6) is 0 Å². The summed E-state index contributed by atoms with van der Waals surface area (Å²) in [7, 11) is 0. The smallest absolute Gasteiger partial charge is 0.276 e. The van der Waals surface area contributed by atoms with Gasteiger partial charge in [0.1, 0.15) is 0 Å². The molecule has 1 aliphatic heterocycles. The van der Waals surface area contributed by atoms with Crippen molar-refractivity contribution in [3.05, 3.63) is 47.3 Å². The van der Waals surface area contributed by atoms with E-state index in [0.29, 0.717) is 5.69 Å². The minimum Gasteiger partial charge on any atom is -0.330 e. The molecule has 19 heavy (non-hydrogen) atoms. The van der Waals surface area contributed by atoms with Crippen molar-refractivity contribution < 1.29 is 4.79 Å². The summed E-state index contributed by atoms with van der Waals surface area (Å²) < 4.78 is 0. The van der Waals surface area contributed by atoms with Gasteiger partial charge in [0.15, 0.2) is 5.69 Å². The lowest BCUT2D eigenvalue weighted by molar-refractivity contribution is 0.0729. The summed E-state index contributed by atoms with van der Waals surface area (Å²) in [5.41, 5.74) is 2.85. The standard InChI is InChI=1S/C14H16N4O/c1-10-5-2-3-6-11(10)13-7-4-8-18(13)14(19)12-9-15-17-16-12/h2-3,5-6,9,13H,4,7-8H2,1H3,(H,15,16,17). The minimum absolute atomic E-state index is 0.0421. The van der Waals surface area contributed by atoms with Crippen LogP contribution in [0.3, 0.4) is 0 Å². The van der Waals surface area contributed by atoms with Crippen molar-refractivity contribution in [3.63, 3.8) is 0 Å². The van der Waals surface area contributed by atoms with Crippen LogP contribution in [0.15, 0.2) is 30.5 Å². The number of rotatable bonds is 2. The molecular weight excluding hydrogens is 240 g/mol. The van der Waals surface area contributed by atoms with Crippen molar-refractivity contribution in [2.45, 2.75) is 25.8 Å². The number of H-pyrrole nitrogens is 1. The maximum absolute atomic E-state index is 12.4. The molecule has 98 valence electrons. The van der Waals surface area contributed by atoms with Gasteiger partial charge in [0.25, 0.3) is 5.91 Å². The highest BCUT2D eigenvalue weighted by molar-refractivity contribution is 5.92. The number of aryl methyl sites for hydroxylation is 1. The van der Waals surface area contributed by atoms with Crippen molar-refractivity contribution in [2.75, 3.05) is 6.54 Å². The topological polar surface area (TPSA) is 61.9 Å². The van der Waals surface area contributed by atoms with E-state index in [0.717, 1.165) is 19.4 Å². The summed E-state index contributed by atoms with van der Waals surface area (Å²) >= 11 is 0. The van der Waals surface area contributed by atoms with Gasteiger partial charge >= 0.3 is 0 Å². The second-order valence-electron chi connectivity index (χ2n) is 4.87. The summed E-state index contributed by atoms with van der Waals surface area (Å²) in [4.78, 5) is 14.3. The number of nitrogens with zero attached hydrogens (tertiary/aromatic N) is 3. The number of likely N-dealkylation sites (tertiary alicyclic amines) is 1. The fraction of sp³-hybridized carbons (Fsp3) is 0.357. The zero-order valence-corrected chi connectivity index (χ0v) is 10.8. The van der Waals surface area contributed by atoms with Crippen LogP contribution in [0, 0.1) is 6.92 Å². The van der Waals surface area contributed by atoms with Crippen LogP contribution < -0.4 is 0 Å². The summed E-state index contributed by atoms with van der Waals surface area (Å²) in [5, 5.41) is 10.1. The lowest BCUT2D eigenvalue weighted by Crippen LogP contribution is -2.31. The Kier molecular flexibility index (Phi) is 3.03. The third-order valence-electron chi connectivity index (χ3n) is 3.70. The van der Waals surface area contributed by atoms with Crippen LogP contribution in [0.4, 0.5) is 0 Å². The first kappa shape index (κ1) is 11.9. The van der Waals surface area contributed by atoms with E-state index in [9.17, 15) is 4.79 Å². The van der Waals surface area contributed by atoms with E-state index in [1.54, 1.807) is 0 Å². The van der Waals surface area contributed by atoms with Gasteiger partial charge in [-0.05, 0) is 30.9 Å². The van der Waals surface area contributed by atoms with E-state index in [4.69, 9.17) is 0 Å². The van der Waals surface area contributed by atoms with Crippen molar-refractivity contribution in [1.82, 2.24) is 20.3 Å². The molecule has 1 aliphatic rings. The van der Waals surface area contributed by atoms with Gasteiger partial charge in [-0.25, -0.2) is 0 Å². The van der Waals surface area contributed by atoms with Gasteiger partial charge in [-0.3, -0.25) is 4.79 Å². The Morgan fingerprint density at radius 1 is 1.42 bits per heavy atom. The molecule has 5 heteroatoms. The summed E-state index contributed by atoms with van der Waals surface area (Å²) in [6, 6.07) is 8.41. The molecule has 0 saturated carbocycles. The van der Waals surface area contributed by atoms with Gasteiger partial charge in [-0.1, -0.05) is 24.3 Å². The van der Waals surface area contributed by atoms with Crippen LogP contribution in [0.1, 0.15) is 40.5 Å². The molecule has 1 saturated heterocycles. The Morgan fingerprint density at radius 2 is 2.26 bits per heavy atom. The Bertz CT molecular complexity index is 579. The molecular formula is C14H16N4O. The van der Waals surface area contributed by atoms with Crippen LogP contribution in [0.25, 0.3) is 0 Å². The molecule has 0 spiro atoms. The van der Waals surface area contributed by atoms with Crippen molar-refractivity contribution in [2.24, 2.45) is 0 Å². The van der Waals surface area contributed by atoms with Gasteiger partial charge in [0.2, 0.25) is 0 Å². The van der Waals surface area contributed by atoms with E-state index >= 15 is 0 Å². The fourth-order valence-corrected chi connectivity index (χ4v) is 2.75. The summed E-state index contributed by atoms with van der Waals surface area (Å²) in [6.45, 7) is 2.87. The van der Waals surface area contributed by atoms with Crippen molar-refractivity contribution >= 4 is 5.91 Å². The van der Waals surface area contributed by atoms with E-state index in [1.165, 1.54) is 17.3 Å². The third-order valence-corrected chi connectivity index (χ3v) is 3.70. The normalized spacial score (nSPS) is 18.8. The number of amides is 1. The molecule has 1 aromatic carbocycles. The second kappa shape index (κ2) is 4.84. The van der Waals surface area contributed by atoms with Crippen molar-refractivity contribution in [3.8, 4) is 0 Å². The Balaban J connectivity index is 1.90. The molecule has 1 unspecified atom stereocenters. The molecule has 1 N–H and O–H groups in total. The summed E-state index contributed by atoms with van der Waals surface area (Å²) in [5.74, 6) is -0.0421. The number of aromatic amines is 1. The Morgan fingerprint density at radius 3 is 3.00 bits per heavy atom. The van der Waals surface area contributed by atoms with Gasteiger partial charge < -0.3 is 4.90 Å². The predicted molar refractivity (Wildman–Crippen MR) is 70.6 cm³/mol. The maximum atomic E-state index is 12.4.